The maximum atomic E-state index is 6.67. The third-order valence-electron chi connectivity index (χ3n) is 29.0. The average Bonchev–Trinajstić information content (AvgIpc) is 1.59. The van der Waals surface area contributed by atoms with Gasteiger partial charge in [0.05, 0.1) is 49.5 Å². The van der Waals surface area contributed by atoms with E-state index in [1.165, 1.54) is 112 Å². The number of hydrogen-bond acceptors (Lipinski definition) is 11. The van der Waals surface area contributed by atoms with Crippen LogP contribution in [0.2, 0.25) is 0 Å². The van der Waals surface area contributed by atoms with Gasteiger partial charge in [-0.2, -0.15) is 0 Å². The highest BCUT2D eigenvalue weighted by Gasteiger charge is 2.30. The van der Waals surface area contributed by atoms with Gasteiger partial charge in [0.1, 0.15) is 11.2 Å². The molecule has 31 rings (SSSR count). The molecular weight excluding hydrogens is 1850 g/mol. The van der Waals surface area contributed by atoms with Gasteiger partial charge >= 0.3 is 0 Å². The van der Waals surface area contributed by atoms with E-state index in [4.69, 9.17) is 49.3 Å². The molecule has 150 heavy (non-hydrogen) atoms. The van der Waals surface area contributed by atoms with E-state index in [-0.39, 0.29) is 0 Å². The molecule has 15 heteroatoms. The second kappa shape index (κ2) is 36.0. The Morgan fingerprint density at radius 2 is 0.380 bits per heavy atom. The van der Waals surface area contributed by atoms with Crippen molar-refractivity contribution in [2.24, 2.45) is 0 Å². The van der Waals surface area contributed by atoms with Crippen LogP contribution in [0.5, 0.6) is 0 Å². The lowest BCUT2D eigenvalue weighted by atomic mass is 9.98. The van der Waals surface area contributed by atoms with Crippen LogP contribution in [0.1, 0.15) is 0 Å². The molecule has 0 bridgehead atoms. The van der Waals surface area contributed by atoms with Crippen molar-refractivity contribution in [1.82, 2.24) is 63.1 Å². The fourth-order valence-corrected chi connectivity index (χ4v) is 23.7. The van der Waals surface area contributed by atoms with Crippen LogP contribution < -0.4 is 0 Å². The first kappa shape index (κ1) is 86.5. The first-order valence-corrected chi connectivity index (χ1v) is 51.1. The molecular formula is C135H83N13OS. The summed E-state index contributed by atoms with van der Waals surface area (Å²) in [7, 11) is 0. The predicted octanol–water partition coefficient (Wildman–Crippen LogP) is 34.7. The highest BCUT2D eigenvalue weighted by Crippen LogP contribution is 2.52. The molecule has 0 saturated carbocycles. The number of thiophene rings is 1. The molecule has 31 aromatic rings. The molecule has 0 aliphatic carbocycles. The van der Waals surface area contributed by atoms with Crippen LogP contribution in [0, 0.1) is 0 Å². The molecule has 14 nitrogen and oxygen atoms in total. The Balaban J connectivity index is 0.000000106. The largest absolute Gasteiger partial charge is 0.455 e. The maximum Gasteiger partial charge on any atom is 0.164 e. The summed E-state index contributed by atoms with van der Waals surface area (Å²) in [6.07, 6.45) is 0. The number of aromatic nitrogens is 13. The predicted molar refractivity (Wildman–Crippen MR) is 618 cm³/mol. The fraction of sp³-hybridized carbons (Fsp3) is 0. The summed E-state index contributed by atoms with van der Waals surface area (Å²) in [5, 5.41) is 22.1. The zero-order chi connectivity index (χ0) is 98.8. The number of hydrogen-bond donors (Lipinski definition) is 0. The van der Waals surface area contributed by atoms with E-state index in [2.05, 4.69) is 334 Å². The van der Waals surface area contributed by atoms with E-state index in [0.29, 0.717) is 52.4 Å². The molecule has 9 aromatic heterocycles. The first-order valence-electron chi connectivity index (χ1n) is 50.3. The number of para-hydroxylation sites is 6. The van der Waals surface area contributed by atoms with E-state index >= 15 is 0 Å². The highest BCUT2D eigenvalue weighted by molar-refractivity contribution is 7.27. The fourth-order valence-electron chi connectivity index (χ4n) is 22.4. The van der Waals surface area contributed by atoms with Crippen LogP contribution >= 0.6 is 11.3 Å². The van der Waals surface area contributed by atoms with E-state index < -0.39 is 0 Å². The van der Waals surface area contributed by atoms with Crippen molar-refractivity contribution >= 4 is 173 Å². The quantitative estimate of drug-likeness (QED) is 0.109. The minimum atomic E-state index is 0.630. The van der Waals surface area contributed by atoms with E-state index in [1.807, 2.05) is 199 Å². The molecule has 0 N–H and O–H groups in total. The molecule has 9 heterocycles. The maximum absolute atomic E-state index is 6.67. The summed E-state index contributed by atoms with van der Waals surface area (Å²) in [5.41, 5.74) is 24.0. The summed E-state index contributed by atoms with van der Waals surface area (Å²) in [5.74, 6) is 5.81. The first-order chi connectivity index (χ1) is 74.4. The van der Waals surface area contributed by atoms with Gasteiger partial charge < -0.3 is 22.7 Å². The molecule has 0 fully saturated rings. The SMILES string of the molecule is c1ccc(-c2nc(-c3ccccc3)nc(-c3ccc(-n4c5ccccc5c5c6ccccc6c6c7ccccc7n(-c7ccccc7)c6c54)cc3)n2)cc1.c1ccc(-c2nc(-c3ccccc3)nc(-c3ccc(-n4c5ccccc5c5c6oc7ccccc7c6c6ccccc6c54)cc3)n2)cc1.c1ccc(-c2nc(-c3ccccc3)nc(-c3ccc(-n4c5ccccc5c5c6sc7ccccc7c6c6ccccc6c54)cc3)n2)cc1. The number of rotatable bonds is 13. The van der Waals surface area contributed by atoms with E-state index in [0.717, 1.165) is 122 Å². The Morgan fingerprint density at radius 3 is 0.720 bits per heavy atom. The molecule has 0 spiro atoms. The number of furan rings is 1. The molecule has 700 valence electrons. The van der Waals surface area contributed by atoms with Crippen LogP contribution in [0.15, 0.2) is 508 Å². The Morgan fingerprint density at radius 1 is 0.153 bits per heavy atom. The summed E-state index contributed by atoms with van der Waals surface area (Å²) in [6, 6.07) is 176. The lowest BCUT2D eigenvalue weighted by Crippen LogP contribution is -2.01. The number of benzene rings is 22. The monoisotopic (exact) mass is 1930 g/mol. The molecule has 0 aliphatic rings. The second-order valence-electron chi connectivity index (χ2n) is 37.6. The van der Waals surface area contributed by atoms with Crippen molar-refractivity contribution in [3.05, 3.63) is 504 Å². The van der Waals surface area contributed by atoms with Gasteiger partial charge in [-0.1, -0.05) is 382 Å². The van der Waals surface area contributed by atoms with Gasteiger partial charge in [0, 0.05) is 152 Å². The van der Waals surface area contributed by atoms with Gasteiger partial charge in [-0.3, -0.25) is 0 Å². The summed E-state index contributed by atoms with van der Waals surface area (Å²) in [4.78, 5) is 44.5. The summed E-state index contributed by atoms with van der Waals surface area (Å²) < 4.78 is 19.0. The normalized spacial score (nSPS) is 11.7. The molecule has 0 atom stereocenters. The molecule has 0 radical (unpaired) electrons. The van der Waals surface area contributed by atoms with Crippen LogP contribution in [0.25, 0.3) is 287 Å². The third-order valence-corrected chi connectivity index (χ3v) is 30.2. The lowest BCUT2D eigenvalue weighted by molar-refractivity contribution is 0.673. The van der Waals surface area contributed by atoms with Crippen molar-refractivity contribution in [2.45, 2.75) is 0 Å². The van der Waals surface area contributed by atoms with Crippen LogP contribution in [0.4, 0.5) is 0 Å². The molecule has 22 aromatic carbocycles. The molecule has 0 unspecified atom stereocenters. The van der Waals surface area contributed by atoms with Crippen molar-refractivity contribution in [2.75, 3.05) is 0 Å². The van der Waals surface area contributed by atoms with Crippen molar-refractivity contribution < 1.29 is 4.42 Å². The van der Waals surface area contributed by atoms with Gasteiger partial charge in [-0.15, -0.1) is 11.3 Å². The Bertz CT molecular complexity index is 10200. The van der Waals surface area contributed by atoms with Crippen LogP contribution in [0.3, 0.4) is 0 Å². The van der Waals surface area contributed by atoms with E-state index in [1.54, 1.807) is 0 Å². The van der Waals surface area contributed by atoms with Crippen molar-refractivity contribution in [3.8, 4) is 125 Å². The van der Waals surface area contributed by atoms with Gasteiger partial charge in [0.2, 0.25) is 0 Å². The third kappa shape index (κ3) is 14.5. The van der Waals surface area contributed by atoms with Crippen molar-refractivity contribution in [1.29, 1.82) is 0 Å². The average molecular weight is 1940 g/mol. The molecule has 0 amide bonds. The summed E-state index contributed by atoms with van der Waals surface area (Å²) >= 11 is 1.89. The zero-order valence-electron chi connectivity index (χ0n) is 80.6. The summed E-state index contributed by atoms with van der Waals surface area (Å²) in [6.45, 7) is 0. The van der Waals surface area contributed by atoms with Crippen LogP contribution in [-0.4, -0.2) is 63.1 Å². The highest BCUT2D eigenvalue weighted by atomic mass is 32.1. The Hall–Kier alpha value is -20.1. The molecule has 0 aliphatic heterocycles. The van der Waals surface area contributed by atoms with Gasteiger partial charge in [-0.05, 0) is 143 Å². The van der Waals surface area contributed by atoms with E-state index in [9.17, 15) is 0 Å². The van der Waals surface area contributed by atoms with Crippen molar-refractivity contribution in [3.63, 3.8) is 0 Å². The van der Waals surface area contributed by atoms with Gasteiger partial charge in [0.25, 0.3) is 0 Å². The van der Waals surface area contributed by atoms with Gasteiger partial charge in [0.15, 0.2) is 52.4 Å². The standard InChI is InChI=1S/C49H31N5.C43H26N4O.C43H26N4S/c1-4-16-32(17-5-1)47-50-48(33-18-6-2-7-19-33)52-49(51-47)34-28-30-36(31-29-34)54-42-27-15-13-25-40(42)44-38-23-11-10-22-37(38)43-39-24-12-14-26-41(39)53(45(43)46(44)54)35-20-8-3-9-21-35;2*1-3-13-27(14-4-1)41-44-42(28-15-5-2-6-16-28)46-43(45-41)29-23-25-30(26-24-29)47-35-21-11-9-19-33(35)38-39(47)32-18-8-7-17-31(32)37-34-20-10-12-22-36(34)48-40(37)38/h1-31H;2*1-26H. The topological polar surface area (TPSA) is 149 Å². The van der Waals surface area contributed by atoms with Gasteiger partial charge in [-0.25, -0.2) is 44.9 Å². The Labute approximate surface area is 863 Å². The zero-order valence-corrected chi connectivity index (χ0v) is 81.4. The molecule has 0 saturated heterocycles. The number of fused-ring (bicyclic) bond motifs is 30. The smallest absolute Gasteiger partial charge is 0.164 e. The second-order valence-corrected chi connectivity index (χ2v) is 38.7. The Kier molecular flexibility index (Phi) is 20.8. The minimum absolute atomic E-state index is 0.630. The van der Waals surface area contributed by atoms with Crippen LogP contribution in [-0.2, 0) is 0 Å². The lowest BCUT2D eigenvalue weighted by Gasteiger charge is -2.14. The number of nitrogens with zero attached hydrogens (tertiary/aromatic N) is 13. The minimum Gasteiger partial charge on any atom is -0.455 e.